The van der Waals surface area contributed by atoms with E-state index in [9.17, 15) is 4.79 Å². The first kappa shape index (κ1) is 8.84. The Balaban J connectivity index is 2.93. The maximum absolute atomic E-state index is 11.5. The summed E-state index contributed by atoms with van der Waals surface area (Å²) in [5.41, 5.74) is 4.93. The van der Waals surface area contributed by atoms with E-state index in [1.807, 2.05) is 20.8 Å². The fraction of sp³-hybridized carbons (Fsp3) is 0.444. The van der Waals surface area contributed by atoms with Gasteiger partial charge in [0.2, 0.25) is 5.78 Å². The maximum atomic E-state index is 11.5. The summed E-state index contributed by atoms with van der Waals surface area (Å²) in [4.78, 5) is 11.5. The predicted molar refractivity (Wildman–Crippen MR) is 46.9 cm³/mol. The van der Waals surface area contributed by atoms with E-state index >= 15 is 0 Å². The molecule has 1 rings (SSSR count). The van der Waals surface area contributed by atoms with E-state index in [-0.39, 0.29) is 11.7 Å². The first-order valence-electron chi connectivity index (χ1n) is 3.81. The van der Waals surface area contributed by atoms with Gasteiger partial charge in [-0.2, -0.15) is 0 Å². The first-order valence-corrected chi connectivity index (χ1v) is 3.81. The number of nitrogens with two attached hydrogens (primary N) is 1. The minimum Gasteiger partial charge on any atom is -0.438 e. The van der Waals surface area contributed by atoms with E-state index in [2.05, 4.69) is 0 Å². The summed E-state index contributed by atoms with van der Waals surface area (Å²) in [5.74, 6) is 0.585. The van der Waals surface area contributed by atoms with Crippen LogP contribution in [0.4, 0.5) is 5.88 Å². The normalized spacial score (nSPS) is 11.6. The molecule has 2 N–H and O–H groups in total. The smallest absolute Gasteiger partial charge is 0.203 e. The van der Waals surface area contributed by atoms with E-state index in [4.69, 9.17) is 10.2 Å². The zero-order valence-corrected chi connectivity index (χ0v) is 7.55. The average Bonchev–Trinajstić information content (AvgIpc) is 2.32. The van der Waals surface area contributed by atoms with Gasteiger partial charge in [-0.05, 0) is 6.07 Å². The van der Waals surface area contributed by atoms with Crippen LogP contribution in [0.1, 0.15) is 31.3 Å². The van der Waals surface area contributed by atoms with Crippen molar-refractivity contribution in [1.82, 2.24) is 0 Å². The number of furan rings is 1. The van der Waals surface area contributed by atoms with Crippen molar-refractivity contribution < 1.29 is 9.21 Å². The topological polar surface area (TPSA) is 56.2 Å². The van der Waals surface area contributed by atoms with Gasteiger partial charge in [-0.15, -0.1) is 0 Å². The van der Waals surface area contributed by atoms with Crippen LogP contribution in [0.5, 0.6) is 0 Å². The lowest BCUT2D eigenvalue weighted by Crippen LogP contribution is -2.19. The second kappa shape index (κ2) is 2.66. The fourth-order valence-corrected chi connectivity index (χ4v) is 0.844. The number of rotatable bonds is 1. The lowest BCUT2D eigenvalue weighted by molar-refractivity contribution is 0.0829. The highest BCUT2D eigenvalue weighted by molar-refractivity contribution is 5.97. The Kier molecular flexibility index (Phi) is 1.96. The molecule has 0 spiro atoms. The molecule has 0 amide bonds. The predicted octanol–water partition coefficient (Wildman–Crippen LogP) is 2.09. The molecule has 0 radical (unpaired) electrons. The average molecular weight is 167 g/mol. The summed E-state index contributed by atoms with van der Waals surface area (Å²) in [7, 11) is 0. The van der Waals surface area contributed by atoms with Gasteiger partial charge in [-0.1, -0.05) is 20.8 Å². The monoisotopic (exact) mass is 167 g/mol. The van der Waals surface area contributed by atoms with Crippen LogP contribution in [0.2, 0.25) is 0 Å². The number of hydrogen-bond donors (Lipinski definition) is 1. The van der Waals surface area contributed by atoms with Crippen molar-refractivity contribution in [3.63, 3.8) is 0 Å². The Morgan fingerprint density at radius 2 is 2.00 bits per heavy atom. The van der Waals surface area contributed by atoms with E-state index in [0.717, 1.165) is 0 Å². The molecule has 0 aliphatic heterocycles. The van der Waals surface area contributed by atoms with Crippen molar-refractivity contribution in [2.75, 3.05) is 5.73 Å². The molecular weight excluding hydrogens is 154 g/mol. The molecule has 12 heavy (non-hydrogen) atoms. The van der Waals surface area contributed by atoms with Crippen LogP contribution < -0.4 is 5.73 Å². The van der Waals surface area contributed by atoms with Crippen LogP contribution in [0.15, 0.2) is 16.5 Å². The standard InChI is InChI=1S/C9H13NO2/c1-9(2,3)8(11)6-4-5-7(10)12-6/h4-5H,10H2,1-3H3. The van der Waals surface area contributed by atoms with Crippen molar-refractivity contribution in [1.29, 1.82) is 0 Å². The van der Waals surface area contributed by atoms with Crippen LogP contribution in [0.3, 0.4) is 0 Å². The fourth-order valence-electron chi connectivity index (χ4n) is 0.844. The molecular formula is C9H13NO2. The largest absolute Gasteiger partial charge is 0.438 e. The number of carbonyl (C=O) groups is 1. The molecule has 1 aromatic heterocycles. The Morgan fingerprint density at radius 3 is 2.33 bits per heavy atom. The summed E-state index contributed by atoms with van der Waals surface area (Å²) in [6.45, 7) is 5.52. The number of hydrogen-bond acceptors (Lipinski definition) is 3. The lowest BCUT2D eigenvalue weighted by atomic mass is 9.89. The molecule has 0 aliphatic carbocycles. The Hall–Kier alpha value is -1.25. The maximum Gasteiger partial charge on any atom is 0.203 e. The minimum atomic E-state index is -0.412. The number of carbonyl (C=O) groups excluding carboxylic acids is 1. The quantitative estimate of drug-likeness (QED) is 0.651. The third-order valence-electron chi connectivity index (χ3n) is 1.53. The second-order valence-electron chi connectivity index (χ2n) is 3.78. The van der Waals surface area contributed by atoms with E-state index in [0.29, 0.717) is 5.76 Å². The first-order chi connectivity index (χ1) is 5.41. The SMILES string of the molecule is CC(C)(C)C(=O)c1ccc(N)o1. The molecule has 3 nitrogen and oxygen atoms in total. The van der Waals surface area contributed by atoms with Crippen LogP contribution in [0, 0.1) is 5.41 Å². The van der Waals surface area contributed by atoms with Gasteiger partial charge in [-0.3, -0.25) is 4.79 Å². The van der Waals surface area contributed by atoms with Gasteiger partial charge in [0.15, 0.2) is 11.6 Å². The van der Waals surface area contributed by atoms with E-state index in [1.165, 1.54) is 0 Å². The summed E-state index contributed by atoms with van der Waals surface area (Å²) >= 11 is 0. The molecule has 1 aromatic rings. The Bertz CT molecular complexity index is 294. The molecule has 0 saturated heterocycles. The summed E-state index contributed by atoms with van der Waals surface area (Å²) < 4.78 is 5.00. The Morgan fingerprint density at radius 1 is 1.42 bits per heavy atom. The summed E-state index contributed by atoms with van der Waals surface area (Å²) in [6, 6.07) is 3.18. The molecule has 66 valence electrons. The van der Waals surface area contributed by atoms with Crippen molar-refractivity contribution >= 4 is 11.7 Å². The molecule has 3 heteroatoms. The molecule has 0 bridgehead atoms. The van der Waals surface area contributed by atoms with Crippen LogP contribution in [-0.4, -0.2) is 5.78 Å². The second-order valence-corrected chi connectivity index (χ2v) is 3.78. The highest BCUT2D eigenvalue weighted by Gasteiger charge is 2.25. The van der Waals surface area contributed by atoms with Crippen LogP contribution >= 0.6 is 0 Å². The van der Waals surface area contributed by atoms with Crippen LogP contribution in [0.25, 0.3) is 0 Å². The molecule has 0 aromatic carbocycles. The number of Topliss-reactive ketones (excluding diaryl/α,β-unsaturated/α-hetero) is 1. The number of nitrogen functional groups attached to an aromatic ring is 1. The van der Waals surface area contributed by atoms with Crippen LogP contribution in [-0.2, 0) is 0 Å². The molecule has 0 unspecified atom stereocenters. The highest BCUT2D eigenvalue weighted by atomic mass is 16.4. The number of anilines is 1. The number of ketones is 1. The Labute approximate surface area is 71.6 Å². The third kappa shape index (κ3) is 1.67. The van der Waals surface area contributed by atoms with E-state index < -0.39 is 5.41 Å². The minimum absolute atomic E-state index is 0.0285. The van der Waals surface area contributed by atoms with Gasteiger partial charge in [-0.25, -0.2) is 0 Å². The van der Waals surface area contributed by atoms with Gasteiger partial charge in [0, 0.05) is 11.5 Å². The summed E-state index contributed by atoms with van der Waals surface area (Å²) in [6.07, 6.45) is 0. The van der Waals surface area contributed by atoms with Gasteiger partial charge in [0.25, 0.3) is 0 Å². The summed E-state index contributed by atoms with van der Waals surface area (Å²) in [5, 5.41) is 0. The molecule has 0 aliphatic rings. The zero-order valence-electron chi connectivity index (χ0n) is 7.55. The highest BCUT2D eigenvalue weighted by Crippen LogP contribution is 2.22. The van der Waals surface area contributed by atoms with Crippen molar-refractivity contribution in [2.24, 2.45) is 5.41 Å². The zero-order chi connectivity index (χ0) is 9.35. The van der Waals surface area contributed by atoms with Gasteiger partial charge in [0.1, 0.15) is 0 Å². The molecule has 1 heterocycles. The molecule has 0 atom stereocenters. The van der Waals surface area contributed by atoms with Gasteiger partial charge < -0.3 is 10.2 Å². The van der Waals surface area contributed by atoms with Gasteiger partial charge >= 0.3 is 0 Å². The van der Waals surface area contributed by atoms with Gasteiger partial charge in [0.05, 0.1) is 0 Å². The molecule has 0 fully saturated rings. The van der Waals surface area contributed by atoms with Crippen molar-refractivity contribution in [3.8, 4) is 0 Å². The van der Waals surface area contributed by atoms with Crippen molar-refractivity contribution in [2.45, 2.75) is 20.8 Å². The lowest BCUT2D eigenvalue weighted by Gasteiger charge is -2.13. The van der Waals surface area contributed by atoms with E-state index in [1.54, 1.807) is 12.1 Å². The van der Waals surface area contributed by atoms with Crippen molar-refractivity contribution in [3.05, 3.63) is 17.9 Å². The third-order valence-corrected chi connectivity index (χ3v) is 1.53. The molecule has 0 saturated carbocycles.